The van der Waals surface area contributed by atoms with Gasteiger partial charge in [0.1, 0.15) is 11.4 Å². The normalized spacial score (nSPS) is 12.2. The van der Waals surface area contributed by atoms with E-state index in [-0.39, 0.29) is 5.91 Å². The fraction of sp³-hybridized carbons (Fsp3) is 0.417. The molecule has 1 unspecified atom stereocenters. The number of ether oxygens (including phenoxy) is 1. The third kappa shape index (κ3) is 5.08. The molecule has 0 radical (unpaired) electrons. The molecule has 1 atom stereocenters. The lowest BCUT2D eigenvalue weighted by Gasteiger charge is -2.20. The molecule has 4 rings (SSSR count). The molecule has 2 N–H and O–H groups in total. The number of fused-ring (bicyclic) bond motifs is 1. The zero-order chi connectivity index (χ0) is 23.4. The second-order valence-corrected chi connectivity index (χ2v) is 8.36. The van der Waals surface area contributed by atoms with Gasteiger partial charge in [0.2, 0.25) is 5.65 Å². The van der Waals surface area contributed by atoms with E-state index in [2.05, 4.69) is 38.6 Å². The maximum atomic E-state index is 12.9. The molecule has 33 heavy (non-hydrogen) atoms. The molecule has 3 heterocycles. The standard InChI is InChI=1S/C24H31N7O2/c1-5-6-8-20(33-19-10-9-16(2)15-17(19)3)24(32)25-13-11-21-27-23-22(30-14-7-12-26-30)18(4)28-31(23)29-21/h7,9-10,12,14-15,20,28H,5-6,8,11,13H2,1-4H3,(H,25,32). The van der Waals surface area contributed by atoms with E-state index in [4.69, 9.17) is 4.74 Å². The van der Waals surface area contributed by atoms with Gasteiger partial charge in [-0.2, -0.15) is 9.73 Å². The van der Waals surface area contributed by atoms with Crippen LogP contribution in [0.5, 0.6) is 5.75 Å². The SMILES string of the molecule is CCCCC(Oc1ccc(C)cc1C)C(=O)NCCc1nc2c(-n3cccn3)c(C)[nH]n2n1. The minimum absolute atomic E-state index is 0.110. The fourth-order valence-corrected chi connectivity index (χ4v) is 3.88. The maximum Gasteiger partial charge on any atom is 0.261 e. The molecule has 174 valence electrons. The predicted molar refractivity (Wildman–Crippen MR) is 126 cm³/mol. The van der Waals surface area contributed by atoms with Gasteiger partial charge in [0, 0.05) is 25.4 Å². The number of carbonyl (C=O) groups excluding carboxylic acids is 1. The number of hydrogen-bond donors (Lipinski definition) is 2. The largest absolute Gasteiger partial charge is 0.480 e. The molecule has 0 saturated carbocycles. The van der Waals surface area contributed by atoms with Crippen LogP contribution in [0.4, 0.5) is 0 Å². The Morgan fingerprint density at radius 3 is 2.85 bits per heavy atom. The average Bonchev–Trinajstić information content (AvgIpc) is 3.49. The maximum absolute atomic E-state index is 12.9. The fourth-order valence-electron chi connectivity index (χ4n) is 3.88. The van der Waals surface area contributed by atoms with Crippen LogP contribution in [-0.4, -0.2) is 48.1 Å². The van der Waals surface area contributed by atoms with Crippen molar-refractivity contribution >= 4 is 11.6 Å². The Kier molecular flexibility index (Phi) is 6.76. The van der Waals surface area contributed by atoms with Gasteiger partial charge in [0.05, 0.1) is 5.69 Å². The van der Waals surface area contributed by atoms with Gasteiger partial charge >= 0.3 is 0 Å². The van der Waals surface area contributed by atoms with Gasteiger partial charge in [-0.15, -0.1) is 5.10 Å². The highest BCUT2D eigenvalue weighted by atomic mass is 16.5. The van der Waals surface area contributed by atoms with Crippen molar-refractivity contribution < 1.29 is 9.53 Å². The van der Waals surface area contributed by atoms with E-state index in [0.717, 1.165) is 35.5 Å². The number of H-pyrrole nitrogens is 1. The van der Waals surface area contributed by atoms with Crippen molar-refractivity contribution in [1.82, 2.24) is 34.9 Å². The first-order valence-electron chi connectivity index (χ1n) is 11.4. The highest BCUT2D eigenvalue weighted by Crippen LogP contribution is 2.22. The molecule has 1 amide bonds. The summed E-state index contributed by atoms with van der Waals surface area (Å²) in [5.74, 6) is 1.29. The number of amides is 1. The smallest absolute Gasteiger partial charge is 0.261 e. The first-order valence-corrected chi connectivity index (χ1v) is 11.4. The number of nitrogens with one attached hydrogen (secondary N) is 2. The number of aromatic nitrogens is 6. The Hall–Kier alpha value is -3.62. The number of carbonyl (C=O) groups is 1. The van der Waals surface area contributed by atoms with Crippen molar-refractivity contribution in [2.75, 3.05) is 6.54 Å². The zero-order valence-electron chi connectivity index (χ0n) is 19.6. The predicted octanol–water partition coefficient (Wildman–Crippen LogP) is 3.46. The van der Waals surface area contributed by atoms with Crippen molar-refractivity contribution in [1.29, 1.82) is 0 Å². The average molecular weight is 450 g/mol. The lowest BCUT2D eigenvalue weighted by Crippen LogP contribution is -2.39. The van der Waals surface area contributed by atoms with Gasteiger partial charge in [-0.3, -0.25) is 9.89 Å². The number of unbranched alkanes of at least 4 members (excludes halogenated alkanes) is 1. The Labute approximate surface area is 193 Å². The molecule has 3 aromatic heterocycles. The van der Waals surface area contributed by atoms with Crippen LogP contribution < -0.4 is 10.1 Å². The Morgan fingerprint density at radius 2 is 2.12 bits per heavy atom. The third-order valence-electron chi connectivity index (χ3n) is 5.58. The number of benzene rings is 1. The molecule has 4 aromatic rings. The van der Waals surface area contributed by atoms with Crippen LogP contribution in [0.1, 0.15) is 48.8 Å². The molecular formula is C24H31N7O2. The Morgan fingerprint density at radius 1 is 1.27 bits per heavy atom. The number of rotatable bonds is 10. The van der Waals surface area contributed by atoms with Crippen LogP contribution in [0.25, 0.3) is 11.3 Å². The van der Waals surface area contributed by atoms with Gasteiger partial charge in [-0.1, -0.05) is 31.0 Å². The molecule has 9 heteroatoms. The first kappa shape index (κ1) is 22.6. The molecule has 9 nitrogen and oxygen atoms in total. The van der Waals surface area contributed by atoms with E-state index >= 15 is 0 Å². The van der Waals surface area contributed by atoms with E-state index in [1.807, 2.05) is 45.2 Å². The summed E-state index contributed by atoms with van der Waals surface area (Å²) >= 11 is 0. The van der Waals surface area contributed by atoms with Crippen molar-refractivity contribution in [3.8, 4) is 11.4 Å². The van der Waals surface area contributed by atoms with E-state index < -0.39 is 6.10 Å². The number of aromatic amines is 1. The molecule has 1 aromatic carbocycles. The van der Waals surface area contributed by atoms with Crippen molar-refractivity contribution in [2.24, 2.45) is 0 Å². The van der Waals surface area contributed by atoms with Crippen molar-refractivity contribution in [3.05, 3.63) is 59.3 Å². The van der Waals surface area contributed by atoms with Crippen LogP contribution in [0.2, 0.25) is 0 Å². The molecule has 0 aliphatic carbocycles. The van der Waals surface area contributed by atoms with Crippen molar-refractivity contribution in [3.63, 3.8) is 0 Å². The molecule has 0 aliphatic rings. The second kappa shape index (κ2) is 9.89. The van der Waals surface area contributed by atoms with Gasteiger partial charge in [-0.05, 0) is 51.3 Å². The lowest BCUT2D eigenvalue weighted by molar-refractivity contribution is -0.128. The highest BCUT2D eigenvalue weighted by Gasteiger charge is 2.21. The van der Waals surface area contributed by atoms with Gasteiger partial charge < -0.3 is 10.1 Å². The van der Waals surface area contributed by atoms with Gasteiger partial charge in [0.15, 0.2) is 11.9 Å². The van der Waals surface area contributed by atoms with Crippen LogP contribution in [-0.2, 0) is 11.2 Å². The molecule has 0 spiro atoms. The van der Waals surface area contributed by atoms with Crippen LogP contribution in [0, 0.1) is 20.8 Å². The molecule has 0 aliphatic heterocycles. The van der Waals surface area contributed by atoms with Crippen molar-refractivity contribution in [2.45, 2.75) is 59.5 Å². The number of aryl methyl sites for hydroxylation is 3. The summed E-state index contributed by atoms with van der Waals surface area (Å²) in [7, 11) is 0. The van der Waals surface area contributed by atoms with E-state index in [9.17, 15) is 4.79 Å². The Balaban J connectivity index is 1.39. The van der Waals surface area contributed by atoms with Gasteiger partial charge in [0.25, 0.3) is 5.91 Å². The van der Waals surface area contributed by atoms with Crippen LogP contribution in [0.3, 0.4) is 0 Å². The molecule has 0 fully saturated rings. The minimum Gasteiger partial charge on any atom is -0.480 e. The van der Waals surface area contributed by atoms with E-state index in [1.54, 1.807) is 15.5 Å². The first-order chi connectivity index (χ1) is 16.0. The number of nitrogens with zero attached hydrogens (tertiary/aromatic N) is 5. The Bertz CT molecular complexity index is 1220. The lowest BCUT2D eigenvalue weighted by atomic mass is 10.1. The van der Waals surface area contributed by atoms with Crippen LogP contribution >= 0.6 is 0 Å². The topological polar surface area (TPSA) is 102 Å². The zero-order valence-corrected chi connectivity index (χ0v) is 19.6. The summed E-state index contributed by atoms with van der Waals surface area (Å²) in [6.07, 6.45) is 6.19. The summed E-state index contributed by atoms with van der Waals surface area (Å²) in [6, 6.07) is 7.87. The highest BCUT2D eigenvalue weighted by molar-refractivity contribution is 5.81. The van der Waals surface area contributed by atoms with E-state index in [0.29, 0.717) is 30.9 Å². The minimum atomic E-state index is -0.523. The van der Waals surface area contributed by atoms with E-state index in [1.165, 1.54) is 5.56 Å². The van der Waals surface area contributed by atoms with Gasteiger partial charge in [-0.25, -0.2) is 9.67 Å². The molecular weight excluding hydrogens is 418 g/mol. The summed E-state index contributed by atoms with van der Waals surface area (Å²) in [5, 5.41) is 15.0. The summed E-state index contributed by atoms with van der Waals surface area (Å²) < 4.78 is 9.53. The summed E-state index contributed by atoms with van der Waals surface area (Å²) in [6.45, 7) is 8.54. The second-order valence-electron chi connectivity index (χ2n) is 8.36. The number of hydrogen-bond acceptors (Lipinski definition) is 5. The summed E-state index contributed by atoms with van der Waals surface area (Å²) in [4.78, 5) is 17.5. The monoisotopic (exact) mass is 449 g/mol. The summed E-state index contributed by atoms with van der Waals surface area (Å²) in [5.41, 5.74) is 4.70. The van der Waals surface area contributed by atoms with Crippen LogP contribution in [0.15, 0.2) is 36.7 Å². The third-order valence-corrected chi connectivity index (χ3v) is 5.58. The molecule has 0 saturated heterocycles. The quantitative estimate of drug-likeness (QED) is 0.386. The molecule has 0 bridgehead atoms.